The first kappa shape index (κ1) is 12.9. The van der Waals surface area contributed by atoms with Crippen LogP contribution in [0.2, 0.25) is 10.0 Å². The number of esters is 1. The van der Waals surface area contributed by atoms with E-state index in [2.05, 4.69) is 0 Å². The van der Waals surface area contributed by atoms with E-state index in [4.69, 9.17) is 27.9 Å². The van der Waals surface area contributed by atoms with Gasteiger partial charge in [-0.25, -0.2) is 4.79 Å². The van der Waals surface area contributed by atoms with E-state index in [0.717, 1.165) is 10.5 Å². The Hall–Kier alpha value is -1.16. The minimum atomic E-state index is -0.392. The minimum Gasteiger partial charge on any atom is -0.442 e. The summed E-state index contributed by atoms with van der Waals surface area (Å²) in [4.78, 5) is 12.8. The van der Waals surface area contributed by atoms with Gasteiger partial charge >= 0.3 is 5.97 Å². The Morgan fingerprint density at radius 1 is 1.05 bits per heavy atom. The molecule has 0 bridgehead atoms. The summed E-state index contributed by atoms with van der Waals surface area (Å²) in [5, 5.41) is 0.938. The molecule has 0 spiro atoms. The van der Waals surface area contributed by atoms with Crippen LogP contribution in [0.3, 0.4) is 0 Å². The molecule has 0 saturated heterocycles. The van der Waals surface area contributed by atoms with E-state index in [1.165, 1.54) is 11.8 Å². The number of carbonyl (C=O) groups excluding carboxylic acids is 1. The molecule has 2 aromatic rings. The maximum atomic E-state index is 11.9. The third-order valence-corrected chi connectivity index (χ3v) is 4.70. The number of carbonyl (C=O) groups is 1. The molecule has 0 amide bonds. The van der Waals surface area contributed by atoms with Gasteiger partial charge in [0, 0.05) is 10.5 Å². The molecule has 19 heavy (non-hydrogen) atoms. The lowest BCUT2D eigenvalue weighted by atomic mass is 10.2. The quantitative estimate of drug-likeness (QED) is 0.697. The van der Waals surface area contributed by atoms with Crippen LogP contribution in [0.4, 0.5) is 0 Å². The van der Waals surface area contributed by atoms with Crippen LogP contribution in [0.5, 0.6) is 0 Å². The van der Waals surface area contributed by atoms with Crippen molar-refractivity contribution in [3.05, 3.63) is 63.6 Å². The van der Waals surface area contributed by atoms with Crippen molar-refractivity contribution in [1.82, 2.24) is 0 Å². The van der Waals surface area contributed by atoms with Gasteiger partial charge < -0.3 is 4.74 Å². The zero-order valence-electron chi connectivity index (χ0n) is 9.60. The van der Waals surface area contributed by atoms with Gasteiger partial charge in [-0.15, -0.1) is 0 Å². The lowest BCUT2D eigenvalue weighted by Crippen LogP contribution is -2.15. The monoisotopic (exact) mass is 310 g/mol. The Morgan fingerprint density at radius 3 is 2.63 bits per heavy atom. The molecular formula is C14H8Cl2O2S. The van der Waals surface area contributed by atoms with Crippen molar-refractivity contribution in [2.24, 2.45) is 0 Å². The molecule has 0 aromatic heterocycles. The summed E-state index contributed by atoms with van der Waals surface area (Å²) < 4.78 is 5.42. The minimum absolute atomic E-state index is 0.314. The molecular weight excluding hydrogens is 303 g/mol. The van der Waals surface area contributed by atoms with Crippen LogP contribution in [0, 0.1) is 0 Å². The van der Waals surface area contributed by atoms with Gasteiger partial charge in [-0.3, -0.25) is 0 Å². The van der Waals surface area contributed by atoms with Gasteiger partial charge in [0.2, 0.25) is 0 Å². The molecule has 0 aliphatic carbocycles. The molecule has 2 aromatic carbocycles. The fourth-order valence-corrected chi connectivity index (χ4v) is 3.22. The molecule has 0 fully saturated rings. The first-order chi connectivity index (χ1) is 9.15. The van der Waals surface area contributed by atoms with Crippen LogP contribution in [0.1, 0.15) is 21.4 Å². The first-order valence-electron chi connectivity index (χ1n) is 5.57. The van der Waals surface area contributed by atoms with Gasteiger partial charge in [0.05, 0.1) is 15.6 Å². The van der Waals surface area contributed by atoms with Crippen molar-refractivity contribution >= 4 is 40.9 Å². The third-order valence-electron chi connectivity index (χ3n) is 2.77. The van der Waals surface area contributed by atoms with Crippen molar-refractivity contribution in [2.45, 2.75) is 10.3 Å². The van der Waals surface area contributed by atoms with Crippen LogP contribution in [-0.4, -0.2) is 5.97 Å². The zero-order chi connectivity index (χ0) is 13.4. The molecule has 1 heterocycles. The Kier molecular flexibility index (Phi) is 3.44. The second kappa shape index (κ2) is 5.08. The van der Waals surface area contributed by atoms with E-state index in [9.17, 15) is 4.79 Å². The van der Waals surface area contributed by atoms with Gasteiger partial charge in [-0.1, -0.05) is 53.2 Å². The Morgan fingerprint density at radius 2 is 1.84 bits per heavy atom. The van der Waals surface area contributed by atoms with E-state index in [0.29, 0.717) is 15.6 Å². The maximum absolute atomic E-state index is 11.9. The number of fused-ring (bicyclic) bond motifs is 1. The number of ether oxygens (including phenoxy) is 1. The highest BCUT2D eigenvalue weighted by Crippen LogP contribution is 2.43. The van der Waals surface area contributed by atoms with E-state index in [1.807, 2.05) is 24.3 Å². The molecule has 1 atom stereocenters. The maximum Gasteiger partial charge on any atom is 0.340 e. The van der Waals surface area contributed by atoms with E-state index < -0.39 is 5.44 Å². The number of rotatable bonds is 1. The largest absolute Gasteiger partial charge is 0.442 e. The number of hydrogen-bond donors (Lipinski definition) is 0. The van der Waals surface area contributed by atoms with Gasteiger partial charge in [-0.05, 0) is 24.3 Å². The fourth-order valence-electron chi connectivity index (χ4n) is 1.83. The molecule has 1 aliphatic heterocycles. The first-order valence-corrected chi connectivity index (χ1v) is 7.20. The van der Waals surface area contributed by atoms with Crippen molar-refractivity contribution in [1.29, 1.82) is 0 Å². The number of hydrogen-bond acceptors (Lipinski definition) is 3. The number of thioether (sulfide) groups is 1. The molecule has 0 N–H and O–H groups in total. The highest BCUT2D eigenvalue weighted by molar-refractivity contribution is 7.99. The Labute approximate surface area is 124 Å². The standard InChI is InChI=1S/C14H8Cl2O2S/c15-10-6-5-8(7-11(10)16)14-18-13(17)9-3-1-2-4-12(9)19-14/h1-7,14H/t14-/m1/s1. The van der Waals surface area contributed by atoms with Crippen LogP contribution in [0.15, 0.2) is 47.4 Å². The predicted molar refractivity (Wildman–Crippen MR) is 76.9 cm³/mol. The SMILES string of the molecule is O=C1O[C@@H](c2ccc(Cl)c(Cl)c2)Sc2ccccc21. The van der Waals surface area contributed by atoms with Gasteiger partial charge in [0.15, 0.2) is 5.44 Å². The van der Waals surface area contributed by atoms with Gasteiger partial charge in [0.1, 0.15) is 0 Å². The summed E-state index contributed by atoms with van der Waals surface area (Å²) in [6.45, 7) is 0. The van der Waals surface area contributed by atoms with E-state index in [1.54, 1.807) is 18.2 Å². The van der Waals surface area contributed by atoms with Crippen LogP contribution < -0.4 is 0 Å². The lowest BCUT2D eigenvalue weighted by molar-refractivity contribution is 0.0440. The number of benzene rings is 2. The Bertz CT molecular complexity index is 658. The molecule has 3 rings (SSSR count). The van der Waals surface area contributed by atoms with Gasteiger partial charge in [-0.2, -0.15) is 0 Å². The van der Waals surface area contributed by atoms with Crippen LogP contribution in [-0.2, 0) is 4.74 Å². The predicted octanol–water partition coefficient (Wildman–Crippen LogP) is 4.95. The summed E-state index contributed by atoms with van der Waals surface area (Å²) in [6, 6.07) is 12.6. The highest BCUT2D eigenvalue weighted by Gasteiger charge is 2.28. The lowest BCUT2D eigenvalue weighted by Gasteiger charge is -2.24. The average molecular weight is 311 g/mol. The highest BCUT2D eigenvalue weighted by atomic mass is 35.5. The summed E-state index contributed by atoms with van der Waals surface area (Å²) >= 11 is 13.4. The van der Waals surface area contributed by atoms with Crippen LogP contribution in [0.25, 0.3) is 0 Å². The zero-order valence-corrected chi connectivity index (χ0v) is 11.9. The molecule has 0 saturated carbocycles. The summed E-state index contributed by atoms with van der Waals surface area (Å²) in [6.07, 6.45) is 0. The summed E-state index contributed by atoms with van der Waals surface area (Å²) in [5.41, 5.74) is 1.03. The summed E-state index contributed by atoms with van der Waals surface area (Å²) in [7, 11) is 0. The van der Waals surface area contributed by atoms with E-state index in [-0.39, 0.29) is 5.97 Å². The molecule has 2 nitrogen and oxygen atoms in total. The number of halogens is 2. The normalized spacial score (nSPS) is 17.8. The van der Waals surface area contributed by atoms with Crippen molar-refractivity contribution in [3.63, 3.8) is 0 Å². The Balaban J connectivity index is 1.96. The molecule has 0 radical (unpaired) electrons. The smallest absolute Gasteiger partial charge is 0.340 e. The van der Waals surface area contributed by atoms with Crippen molar-refractivity contribution < 1.29 is 9.53 Å². The van der Waals surface area contributed by atoms with Crippen molar-refractivity contribution in [3.8, 4) is 0 Å². The third kappa shape index (κ3) is 2.46. The molecule has 5 heteroatoms. The average Bonchev–Trinajstić information content (AvgIpc) is 2.42. The topological polar surface area (TPSA) is 26.3 Å². The fraction of sp³-hybridized carbons (Fsp3) is 0.0714. The second-order valence-electron chi connectivity index (χ2n) is 4.02. The summed E-state index contributed by atoms with van der Waals surface area (Å²) in [5.74, 6) is -0.314. The molecule has 1 aliphatic rings. The van der Waals surface area contributed by atoms with Crippen molar-refractivity contribution in [2.75, 3.05) is 0 Å². The molecule has 0 unspecified atom stereocenters. The molecule has 96 valence electrons. The van der Waals surface area contributed by atoms with Gasteiger partial charge in [0.25, 0.3) is 0 Å². The van der Waals surface area contributed by atoms with Crippen LogP contribution >= 0.6 is 35.0 Å². The number of cyclic esters (lactones) is 1. The second-order valence-corrected chi connectivity index (χ2v) is 5.94. The van der Waals surface area contributed by atoms with E-state index >= 15 is 0 Å².